The first-order chi connectivity index (χ1) is 7.04. The highest BCUT2D eigenvalue weighted by molar-refractivity contribution is 5.80. The van der Waals surface area contributed by atoms with Crippen molar-refractivity contribution in [2.24, 2.45) is 17.6 Å². The summed E-state index contributed by atoms with van der Waals surface area (Å²) in [5, 5.41) is 2.96. The third-order valence-corrected chi connectivity index (χ3v) is 3.55. The molecule has 3 atom stereocenters. The lowest BCUT2D eigenvalue weighted by atomic mass is 9.88. The van der Waals surface area contributed by atoms with Crippen LogP contribution in [0.1, 0.15) is 20.3 Å². The summed E-state index contributed by atoms with van der Waals surface area (Å²) in [6.07, 6.45) is 1.22. The molecule has 3 N–H and O–H groups in total. The number of carbonyl (C=O) groups is 1. The maximum absolute atomic E-state index is 11.1. The van der Waals surface area contributed by atoms with E-state index in [0.29, 0.717) is 5.92 Å². The number of piperidine rings is 1. The van der Waals surface area contributed by atoms with Crippen molar-refractivity contribution >= 4 is 5.91 Å². The molecule has 3 unspecified atom stereocenters. The van der Waals surface area contributed by atoms with Crippen LogP contribution >= 0.6 is 0 Å². The van der Waals surface area contributed by atoms with E-state index in [9.17, 15) is 4.79 Å². The molecule has 1 amide bonds. The van der Waals surface area contributed by atoms with E-state index < -0.39 is 0 Å². The van der Waals surface area contributed by atoms with E-state index in [-0.39, 0.29) is 11.9 Å². The SMILES string of the molecule is CNC(CN1CCC(C)C(C)C1)C(N)=O. The molecule has 1 heterocycles. The quantitative estimate of drug-likeness (QED) is 0.693. The van der Waals surface area contributed by atoms with E-state index in [1.807, 2.05) is 0 Å². The minimum atomic E-state index is -0.260. The number of rotatable bonds is 4. The van der Waals surface area contributed by atoms with Crippen molar-refractivity contribution in [3.05, 3.63) is 0 Å². The van der Waals surface area contributed by atoms with Gasteiger partial charge in [-0.15, -0.1) is 0 Å². The van der Waals surface area contributed by atoms with E-state index >= 15 is 0 Å². The van der Waals surface area contributed by atoms with Crippen LogP contribution in [0.2, 0.25) is 0 Å². The van der Waals surface area contributed by atoms with Crippen molar-refractivity contribution in [2.45, 2.75) is 26.3 Å². The molecule has 0 aromatic rings. The molecule has 0 aromatic carbocycles. The average molecular weight is 213 g/mol. The summed E-state index contributed by atoms with van der Waals surface area (Å²) in [5.41, 5.74) is 5.30. The predicted molar refractivity (Wildman–Crippen MR) is 61.4 cm³/mol. The van der Waals surface area contributed by atoms with Crippen LogP contribution in [0.4, 0.5) is 0 Å². The fourth-order valence-corrected chi connectivity index (χ4v) is 2.10. The van der Waals surface area contributed by atoms with Gasteiger partial charge in [0.05, 0.1) is 6.04 Å². The highest BCUT2D eigenvalue weighted by atomic mass is 16.1. The number of primary amides is 1. The van der Waals surface area contributed by atoms with Crippen LogP contribution in [0.3, 0.4) is 0 Å². The summed E-state index contributed by atoms with van der Waals surface area (Å²) in [6, 6.07) is -0.217. The second-order valence-electron chi connectivity index (χ2n) is 4.75. The minimum Gasteiger partial charge on any atom is -0.368 e. The molecule has 1 rings (SSSR count). The number of likely N-dealkylation sites (N-methyl/N-ethyl adjacent to an activating group) is 1. The molecule has 4 nitrogen and oxygen atoms in total. The Balaban J connectivity index is 2.42. The van der Waals surface area contributed by atoms with Crippen molar-refractivity contribution < 1.29 is 4.79 Å². The number of hydrogen-bond donors (Lipinski definition) is 2. The highest BCUT2D eigenvalue weighted by Gasteiger charge is 2.25. The molecule has 1 aliphatic rings. The maximum atomic E-state index is 11.1. The lowest BCUT2D eigenvalue weighted by Gasteiger charge is -2.36. The lowest BCUT2D eigenvalue weighted by molar-refractivity contribution is -0.120. The summed E-state index contributed by atoms with van der Waals surface area (Å²) in [6.45, 7) is 7.47. The first kappa shape index (κ1) is 12.5. The van der Waals surface area contributed by atoms with Gasteiger partial charge in [0.1, 0.15) is 0 Å². The zero-order chi connectivity index (χ0) is 11.4. The molecule has 1 saturated heterocycles. The van der Waals surface area contributed by atoms with Crippen LogP contribution in [0.5, 0.6) is 0 Å². The number of hydrogen-bond acceptors (Lipinski definition) is 3. The molecule has 15 heavy (non-hydrogen) atoms. The van der Waals surface area contributed by atoms with E-state index in [1.54, 1.807) is 7.05 Å². The molecule has 0 saturated carbocycles. The Bertz CT molecular complexity index is 220. The van der Waals surface area contributed by atoms with Gasteiger partial charge in [0.2, 0.25) is 5.91 Å². The minimum absolute atomic E-state index is 0.217. The van der Waals surface area contributed by atoms with Crippen LogP contribution in [0.15, 0.2) is 0 Å². The Morgan fingerprint density at radius 1 is 1.53 bits per heavy atom. The molecule has 4 heteroatoms. The van der Waals surface area contributed by atoms with Crippen LogP contribution in [-0.4, -0.2) is 43.5 Å². The molecule has 0 spiro atoms. The van der Waals surface area contributed by atoms with Gasteiger partial charge < -0.3 is 16.0 Å². The second kappa shape index (κ2) is 5.47. The fraction of sp³-hybridized carbons (Fsp3) is 0.909. The van der Waals surface area contributed by atoms with Gasteiger partial charge in [-0.05, 0) is 31.8 Å². The maximum Gasteiger partial charge on any atom is 0.235 e. The molecule has 88 valence electrons. The Morgan fingerprint density at radius 3 is 2.67 bits per heavy atom. The largest absolute Gasteiger partial charge is 0.368 e. The number of amides is 1. The number of likely N-dealkylation sites (tertiary alicyclic amines) is 1. The molecular weight excluding hydrogens is 190 g/mol. The van der Waals surface area contributed by atoms with Gasteiger partial charge in [0, 0.05) is 13.1 Å². The van der Waals surface area contributed by atoms with Crippen LogP contribution in [0.25, 0.3) is 0 Å². The van der Waals surface area contributed by atoms with E-state index in [4.69, 9.17) is 5.73 Å². The van der Waals surface area contributed by atoms with Crippen LogP contribution in [0, 0.1) is 11.8 Å². The van der Waals surface area contributed by atoms with Gasteiger partial charge in [-0.2, -0.15) is 0 Å². The van der Waals surface area contributed by atoms with Crippen molar-refractivity contribution in [3.63, 3.8) is 0 Å². The van der Waals surface area contributed by atoms with Crippen molar-refractivity contribution in [2.75, 3.05) is 26.7 Å². The standard InChI is InChI=1S/C11H23N3O/c1-8-4-5-14(6-9(8)2)7-10(13-3)11(12)15/h8-10,13H,4-7H2,1-3H3,(H2,12,15). The van der Waals surface area contributed by atoms with Gasteiger partial charge in [-0.25, -0.2) is 0 Å². The Morgan fingerprint density at radius 2 is 2.20 bits per heavy atom. The highest BCUT2D eigenvalue weighted by Crippen LogP contribution is 2.22. The molecular formula is C11H23N3O. The molecule has 0 radical (unpaired) electrons. The monoisotopic (exact) mass is 213 g/mol. The summed E-state index contributed by atoms with van der Waals surface area (Å²) < 4.78 is 0. The molecule has 0 bridgehead atoms. The fourth-order valence-electron chi connectivity index (χ4n) is 2.10. The first-order valence-corrected chi connectivity index (χ1v) is 5.73. The topological polar surface area (TPSA) is 58.4 Å². The zero-order valence-electron chi connectivity index (χ0n) is 9.99. The second-order valence-corrected chi connectivity index (χ2v) is 4.75. The van der Waals surface area contributed by atoms with E-state index in [2.05, 4.69) is 24.1 Å². The Labute approximate surface area is 92.2 Å². The van der Waals surface area contributed by atoms with Crippen molar-refractivity contribution in [3.8, 4) is 0 Å². The number of nitrogens with zero attached hydrogens (tertiary/aromatic N) is 1. The predicted octanol–water partition coefficient (Wildman–Crippen LogP) is 0.0376. The molecule has 1 fully saturated rings. The summed E-state index contributed by atoms with van der Waals surface area (Å²) in [5.74, 6) is 1.25. The van der Waals surface area contributed by atoms with Crippen LogP contribution < -0.4 is 11.1 Å². The molecule has 0 aromatic heterocycles. The van der Waals surface area contributed by atoms with Gasteiger partial charge in [0.15, 0.2) is 0 Å². The van der Waals surface area contributed by atoms with Crippen LogP contribution in [-0.2, 0) is 4.79 Å². The summed E-state index contributed by atoms with van der Waals surface area (Å²) >= 11 is 0. The van der Waals surface area contributed by atoms with Crippen molar-refractivity contribution in [1.29, 1.82) is 0 Å². The molecule has 1 aliphatic heterocycles. The van der Waals surface area contributed by atoms with E-state index in [0.717, 1.165) is 25.6 Å². The summed E-state index contributed by atoms with van der Waals surface area (Å²) in [7, 11) is 1.78. The van der Waals surface area contributed by atoms with Gasteiger partial charge in [0.25, 0.3) is 0 Å². The number of nitrogens with one attached hydrogen (secondary N) is 1. The van der Waals surface area contributed by atoms with Gasteiger partial charge in [-0.3, -0.25) is 4.79 Å². The normalized spacial score (nSPS) is 30.1. The zero-order valence-corrected chi connectivity index (χ0v) is 9.99. The first-order valence-electron chi connectivity index (χ1n) is 5.73. The smallest absolute Gasteiger partial charge is 0.235 e. The van der Waals surface area contributed by atoms with Crippen molar-refractivity contribution in [1.82, 2.24) is 10.2 Å². The third kappa shape index (κ3) is 3.47. The van der Waals surface area contributed by atoms with E-state index in [1.165, 1.54) is 6.42 Å². The third-order valence-electron chi connectivity index (χ3n) is 3.55. The Kier molecular flexibility index (Phi) is 4.54. The number of nitrogens with two attached hydrogens (primary N) is 1. The summed E-state index contributed by atoms with van der Waals surface area (Å²) in [4.78, 5) is 13.4. The Hall–Kier alpha value is -0.610. The van der Waals surface area contributed by atoms with Gasteiger partial charge >= 0.3 is 0 Å². The number of carbonyl (C=O) groups excluding carboxylic acids is 1. The molecule has 0 aliphatic carbocycles. The lowest BCUT2D eigenvalue weighted by Crippen LogP contribution is -2.50. The average Bonchev–Trinajstić information content (AvgIpc) is 2.19. The van der Waals surface area contributed by atoms with Gasteiger partial charge in [-0.1, -0.05) is 13.8 Å².